The molecule has 2 heterocycles. The Labute approximate surface area is 124 Å². The van der Waals surface area contributed by atoms with Crippen LogP contribution in [0.3, 0.4) is 0 Å². The average Bonchev–Trinajstić information content (AvgIpc) is 2.79. The SMILES string of the molecule is CCCNC(C1=CCCO1)C(C)(C)N1CCCCCC1. The van der Waals surface area contributed by atoms with E-state index in [1.54, 1.807) is 0 Å². The van der Waals surface area contributed by atoms with E-state index >= 15 is 0 Å². The summed E-state index contributed by atoms with van der Waals surface area (Å²) in [6.07, 6.45) is 9.97. The Hall–Kier alpha value is -0.540. The Balaban J connectivity index is 2.11. The minimum atomic E-state index is 0.121. The molecule has 0 aromatic heterocycles. The lowest BCUT2D eigenvalue weighted by Gasteiger charge is -2.44. The highest BCUT2D eigenvalue weighted by molar-refractivity contribution is 5.15. The van der Waals surface area contributed by atoms with Gasteiger partial charge in [-0.1, -0.05) is 19.8 Å². The first kappa shape index (κ1) is 15.8. The molecule has 2 aliphatic heterocycles. The van der Waals surface area contributed by atoms with Gasteiger partial charge in [-0.2, -0.15) is 0 Å². The van der Waals surface area contributed by atoms with E-state index in [0.717, 1.165) is 19.6 Å². The van der Waals surface area contributed by atoms with Gasteiger partial charge in [0.2, 0.25) is 0 Å². The highest BCUT2D eigenvalue weighted by Crippen LogP contribution is 2.29. The van der Waals surface area contributed by atoms with E-state index in [1.807, 2.05) is 0 Å². The Kier molecular flexibility index (Phi) is 5.91. The topological polar surface area (TPSA) is 24.5 Å². The molecule has 116 valence electrons. The lowest BCUT2D eigenvalue weighted by Crippen LogP contribution is -2.59. The van der Waals surface area contributed by atoms with Crippen LogP contribution < -0.4 is 5.32 Å². The first-order valence-corrected chi connectivity index (χ1v) is 8.47. The fourth-order valence-corrected chi connectivity index (χ4v) is 3.45. The van der Waals surface area contributed by atoms with Gasteiger partial charge in [0.1, 0.15) is 5.76 Å². The van der Waals surface area contributed by atoms with Crippen LogP contribution in [0.4, 0.5) is 0 Å². The van der Waals surface area contributed by atoms with E-state index in [1.165, 1.54) is 51.0 Å². The Morgan fingerprint density at radius 3 is 2.50 bits per heavy atom. The fraction of sp³-hybridized carbons (Fsp3) is 0.882. The summed E-state index contributed by atoms with van der Waals surface area (Å²) >= 11 is 0. The lowest BCUT2D eigenvalue weighted by atomic mass is 9.90. The molecule has 2 rings (SSSR count). The number of ether oxygens (including phenoxy) is 1. The van der Waals surface area contributed by atoms with Crippen LogP contribution in [0.25, 0.3) is 0 Å². The predicted molar refractivity (Wildman–Crippen MR) is 84.9 cm³/mol. The second-order valence-corrected chi connectivity index (χ2v) is 6.69. The zero-order valence-electron chi connectivity index (χ0n) is 13.6. The van der Waals surface area contributed by atoms with Crippen LogP contribution in [0.1, 0.15) is 59.3 Å². The maximum Gasteiger partial charge on any atom is 0.111 e. The largest absolute Gasteiger partial charge is 0.496 e. The number of hydrogen-bond acceptors (Lipinski definition) is 3. The van der Waals surface area contributed by atoms with Crippen molar-refractivity contribution in [2.45, 2.75) is 70.9 Å². The molecule has 0 spiro atoms. The predicted octanol–water partition coefficient (Wildman–Crippen LogP) is 3.31. The van der Waals surface area contributed by atoms with E-state index < -0.39 is 0 Å². The van der Waals surface area contributed by atoms with Gasteiger partial charge in [-0.3, -0.25) is 4.90 Å². The molecular weight excluding hydrogens is 248 g/mol. The second-order valence-electron chi connectivity index (χ2n) is 6.69. The third kappa shape index (κ3) is 3.76. The zero-order valence-corrected chi connectivity index (χ0v) is 13.6. The summed E-state index contributed by atoms with van der Waals surface area (Å²) in [5.74, 6) is 1.17. The van der Waals surface area contributed by atoms with Gasteiger partial charge in [0.05, 0.1) is 12.6 Å². The van der Waals surface area contributed by atoms with Gasteiger partial charge in [0, 0.05) is 12.0 Å². The van der Waals surface area contributed by atoms with Crippen molar-refractivity contribution < 1.29 is 4.74 Å². The molecule has 0 bridgehead atoms. The molecule has 1 unspecified atom stereocenters. The summed E-state index contributed by atoms with van der Waals surface area (Å²) in [6, 6.07) is 0.322. The van der Waals surface area contributed by atoms with E-state index in [-0.39, 0.29) is 5.54 Å². The van der Waals surface area contributed by atoms with Crippen LogP contribution in [0.15, 0.2) is 11.8 Å². The van der Waals surface area contributed by atoms with Gasteiger partial charge in [0.15, 0.2) is 0 Å². The number of nitrogens with one attached hydrogen (secondary N) is 1. The Bertz CT molecular complexity index is 317. The van der Waals surface area contributed by atoms with Crippen molar-refractivity contribution in [3.63, 3.8) is 0 Å². The highest BCUT2D eigenvalue weighted by atomic mass is 16.5. The van der Waals surface area contributed by atoms with Crippen molar-refractivity contribution >= 4 is 0 Å². The van der Waals surface area contributed by atoms with Crippen LogP contribution in [0.5, 0.6) is 0 Å². The summed E-state index contributed by atoms with van der Waals surface area (Å²) < 4.78 is 5.89. The standard InChI is InChI=1S/C17H32N2O/c1-4-11-18-16(15-10-9-14-20-15)17(2,3)19-12-7-5-6-8-13-19/h10,16,18H,4-9,11-14H2,1-3H3. The molecule has 2 aliphatic rings. The first-order chi connectivity index (χ1) is 9.66. The van der Waals surface area contributed by atoms with E-state index in [2.05, 4.69) is 37.1 Å². The maximum absolute atomic E-state index is 5.89. The molecule has 20 heavy (non-hydrogen) atoms. The van der Waals surface area contributed by atoms with Crippen LogP contribution >= 0.6 is 0 Å². The second kappa shape index (κ2) is 7.46. The summed E-state index contributed by atoms with van der Waals surface area (Å²) in [4.78, 5) is 2.68. The molecule has 0 aromatic rings. The molecule has 0 saturated carbocycles. The molecule has 3 nitrogen and oxygen atoms in total. The van der Waals surface area contributed by atoms with Crippen molar-refractivity contribution in [1.82, 2.24) is 10.2 Å². The normalized spacial score (nSPS) is 23.1. The molecule has 1 saturated heterocycles. The number of nitrogens with zero attached hydrogens (tertiary/aromatic N) is 1. The molecule has 3 heteroatoms. The monoisotopic (exact) mass is 280 g/mol. The van der Waals surface area contributed by atoms with Gasteiger partial charge in [0.25, 0.3) is 0 Å². The minimum absolute atomic E-state index is 0.121. The molecule has 1 fully saturated rings. The zero-order chi connectivity index (χ0) is 14.4. The van der Waals surface area contributed by atoms with Gasteiger partial charge in [-0.15, -0.1) is 0 Å². The lowest BCUT2D eigenvalue weighted by molar-refractivity contribution is 0.0702. The summed E-state index contributed by atoms with van der Waals surface area (Å²) in [7, 11) is 0. The van der Waals surface area contributed by atoms with Crippen LogP contribution in [-0.2, 0) is 4.74 Å². The van der Waals surface area contributed by atoms with Crippen molar-refractivity contribution in [3.05, 3.63) is 11.8 Å². The van der Waals surface area contributed by atoms with Crippen molar-refractivity contribution in [2.24, 2.45) is 0 Å². The molecule has 1 N–H and O–H groups in total. The Morgan fingerprint density at radius 2 is 1.95 bits per heavy atom. The molecule has 0 aromatic carbocycles. The van der Waals surface area contributed by atoms with E-state index in [4.69, 9.17) is 4.74 Å². The van der Waals surface area contributed by atoms with Crippen molar-refractivity contribution in [2.75, 3.05) is 26.2 Å². The summed E-state index contributed by atoms with van der Waals surface area (Å²) in [6.45, 7) is 11.4. The van der Waals surface area contributed by atoms with Crippen molar-refractivity contribution in [3.8, 4) is 0 Å². The first-order valence-electron chi connectivity index (χ1n) is 8.47. The highest BCUT2D eigenvalue weighted by Gasteiger charge is 2.38. The average molecular weight is 280 g/mol. The smallest absolute Gasteiger partial charge is 0.111 e. The molecule has 0 radical (unpaired) electrons. The van der Waals surface area contributed by atoms with Crippen molar-refractivity contribution in [1.29, 1.82) is 0 Å². The third-order valence-electron chi connectivity index (χ3n) is 4.74. The third-order valence-corrected chi connectivity index (χ3v) is 4.74. The molecule has 0 amide bonds. The number of likely N-dealkylation sites (tertiary alicyclic amines) is 1. The van der Waals surface area contributed by atoms with Crippen LogP contribution in [-0.4, -0.2) is 42.7 Å². The van der Waals surface area contributed by atoms with Crippen LogP contribution in [0.2, 0.25) is 0 Å². The van der Waals surface area contributed by atoms with E-state index in [0.29, 0.717) is 6.04 Å². The van der Waals surface area contributed by atoms with Gasteiger partial charge in [-0.05, 0) is 58.8 Å². The van der Waals surface area contributed by atoms with Gasteiger partial charge >= 0.3 is 0 Å². The quantitative estimate of drug-likeness (QED) is 0.808. The minimum Gasteiger partial charge on any atom is -0.496 e. The summed E-state index contributed by atoms with van der Waals surface area (Å²) in [5, 5.41) is 3.73. The fourth-order valence-electron chi connectivity index (χ4n) is 3.45. The number of hydrogen-bond donors (Lipinski definition) is 1. The molecule has 1 atom stereocenters. The van der Waals surface area contributed by atoms with E-state index in [9.17, 15) is 0 Å². The summed E-state index contributed by atoms with van der Waals surface area (Å²) in [5.41, 5.74) is 0.121. The molecular formula is C17H32N2O. The number of rotatable bonds is 6. The Morgan fingerprint density at radius 1 is 1.25 bits per heavy atom. The van der Waals surface area contributed by atoms with Gasteiger partial charge in [-0.25, -0.2) is 0 Å². The maximum atomic E-state index is 5.89. The van der Waals surface area contributed by atoms with Gasteiger partial charge < -0.3 is 10.1 Å². The van der Waals surface area contributed by atoms with Crippen LogP contribution in [0, 0.1) is 0 Å². The molecule has 0 aliphatic carbocycles.